The zero-order valence-electron chi connectivity index (χ0n) is 17.6. The van der Waals surface area contributed by atoms with Crippen LogP contribution in [-0.2, 0) is 22.3 Å². The number of rotatable bonds is 4. The molecule has 3 rings (SSSR count). The van der Waals surface area contributed by atoms with Crippen molar-refractivity contribution in [2.75, 3.05) is 26.2 Å². The highest BCUT2D eigenvalue weighted by atomic mass is 19.4. The van der Waals surface area contributed by atoms with Crippen LogP contribution in [0.2, 0.25) is 0 Å². The number of hydrogen-bond acceptors (Lipinski definition) is 6. The van der Waals surface area contributed by atoms with Gasteiger partial charge in [-0.05, 0) is 23.8 Å². The van der Waals surface area contributed by atoms with Crippen molar-refractivity contribution in [3.05, 3.63) is 75.3 Å². The maximum Gasteiger partial charge on any atom is 0.416 e. The number of amides is 1. The molecule has 1 saturated heterocycles. The van der Waals surface area contributed by atoms with Crippen LogP contribution in [0.15, 0.2) is 48.5 Å². The van der Waals surface area contributed by atoms with Gasteiger partial charge in [-0.25, -0.2) is 9.59 Å². The van der Waals surface area contributed by atoms with Crippen molar-refractivity contribution in [3.63, 3.8) is 0 Å². The zero-order valence-corrected chi connectivity index (χ0v) is 17.6. The van der Waals surface area contributed by atoms with Crippen LogP contribution in [0.5, 0.6) is 0 Å². The highest BCUT2D eigenvalue weighted by molar-refractivity contribution is 6.27. The summed E-state index contributed by atoms with van der Waals surface area (Å²) in [5, 5.41) is 25.5. The summed E-state index contributed by atoms with van der Waals surface area (Å²) in [5.41, 5.74) is -0.171. The third kappa shape index (κ3) is 7.27. The second-order valence-electron chi connectivity index (χ2n) is 7.14. The smallest absolute Gasteiger partial charge is 0.416 e. The summed E-state index contributed by atoms with van der Waals surface area (Å²) in [6.45, 7) is 1.82. The molecule has 2 N–H and O–H groups in total. The van der Waals surface area contributed by atoms with Gasteiger partial charge in [0.05, 0.1) is 10.5 Å². The van der Waals surface area contributed by atoms with Crippen molar-refractivity contribution in [2.24, 2.45) is 0 Å². The van der Waals surface area contributed by atoms with Crippen molar-refractivity contribution >= 4 is 23.5 Å². The van der Waals surface area contributed by atoms with E-state index in [1.807, 2.05) is 4.90 Å². The lowest BCUT2D eigenvalue weighted by Crippen LogP contribution is -2.48. The van der Waals surface area contributed by atoms with E-state index in [0.29, 0.717) is 31.7 Å². The second-order valence-corrected chi connectivity index (χ2v) is 7.14. The third-order valence-corrected chi connectivity index (χ3v) is 4.88. The number of piperazine rings is 1. The topological polar surface area (TPSA) is 141 Å². The van der Waals surface area contributed by atoms with Gasteiger partial charge in [0.15, 0.2) is 0 Å². The Hall–Kier alpha value is -4.00. The predicted molar refractivity (Wildman–Crippen MR) is 111 cm³/mol. The van der Waals surface area contributed by atoms with Crippen molar-refractivity contribution in [2.45, 2.75) is 12.7 Å². The number of hydrogen-bond donors (Lipinski definition) is 2. The molecule has 1 aliphatic heterocycles. The molecule has 13 heteroatoms. The molecule has 1 heterocycles. The first-order chi connectivity index (χ1) is 15.9. The van der Waals surface area contributed by atoms with Gasteiger partial charge in [-0.1, -0.05) is 18.2 Å². The lowest BCUT2D eigenvalue weighted by molar-refractivity contribution is -0.384. The first kappa shape index (κ1) is 26.3. The predicted octanol–water partition coefficient (Wildman–Crippen LogP) is 2.73. The Morgan fingerprint density at radius 3 is 1.91 bits per heavy atom. The van der Waals surface area contributed by atoms with E-state index in [2.05, 4.69) is 0 Å². The first-order valence-electron chi connectivity index (χ1n) is 9.77. The Balaban J connectivity index is 0.000000604. The van der Waals surface area contributed by atoms with E-state index in [9.17, 15) is 28.1 Å². The first-order valence-corrected chi connectivity index (χ1v) is 9.77. The molecule has 0 bridgehead atoms. The lowest BCUT2D eigenvalue weighted by atomic mass is 10.1. The van der Waals surface area contributed by atoms with E-state index >= 15 is 0 Å². The fourth-order valence-electron chi connectivity index (χ4n) is 3.19. The molecule has 10 nitrogen and oxygen atoms in total. The SMILES string of the molecule is O=C(O)C(=O)O.O=C(c1ccc([N+](=O)[O-])cc1)N1CCN(Cc2ccccc2C(F)(F)F)CC1. The summed E-state index contributed by atoms with van der Waals surface area (Å²) in [7, 11) is 0. The summed E-state index contributed by atoms with van der Waals surface area (Å²) in [6, 6.07) is 10.9. The number of nitro groups is 1. The van der Waals surface area contributed by atoms with E-state index in [0.717, 1.165) is 6.07 Å². The molecule has 34 heavy (non-hydrogen) atoms. The van der Waals surface area contributed by atoms with Gasteiger partial charge >= 0.3 is 18.1 Å². The molecule has 0 atom stereocenters. The Morgan fingerprint density at radius 2 is 1.44 bits per heavy atom. The van der Waals surface area contributed by atoms with Gasteiger partial charge < -0.3 is 15.1 Å². The molecule has 0 saturated carbocycles. The molecule has 0 unspecified atom stereocenters. The summed E-state index contributed by atoms with van der Waals surface area (Å²) >= 11 is 0. The molecule has 2 aromatic carbocycles. The summed E-state index contributed by atoms with van der Waals surface area (Å²) in [6.07, 6.45) is -4.40. The molecule has 1 amide bonds. The summed E-state index contributed by atoms with van der Waals surface area (Å²) < 4.78 is 39.4. The number of nitrogens with zero attached hydrogens (tertiary/aromatic N) is 3. The van der Waals surface area contributed by atoms with Crippen LogP contribution in [0, 0.1) is 10.1 Å². The summed E-state index contributed by atoms with van der Waals surface area (Å²) in [5.74, 6) is -3.89. The number of alkyl halides is 3. The molecule has 0 radical (unpaired) electrons. The fraction of sp³-hybridized carbons (Fsp3) is 0.286. The lowest BCUT2D eigenvalue weighted by Gasteiger charge is -2.35. The molecule has 1 fully saturated rings. The number of carbonyl (C=O) groups excluding carboxylic acids is 1. The molecular weight excluding hydrogens is 463 g/mol. The molecule has 0 aromatic heterocycles. The van der Waals surface area contributed by atoms with Crippen molar-refractivity contribution in [3.8, 4) is 0 Å². The number of non-ortho nitro benzene ring substituents is 1. The molecular formula is C21H20F3N3O7. The van der Waals surface area contributed by atoms with Crippen molar-refractivity contribution in [1.82, 2.24) is 9.80 Å². The molecule has 0 aliphatic carbocycles. The van der Waals surface area contributed by atoms with Crippen molar-refractivity contribution in [1.29, 1.82) is 0 Å². The maximum atomic E-state index is 13.1. The third-order valence-electron chi connectivity index (χ3n) is 4.88. The minimum Gasteiger partial charge on any atom is -0.473 e. The highest BCUT2D eigenvalue weighted by Gasteiger charge is 2.33. The van der Waals surface area contributed by atoms with E-state index in [4.69, 9.17) is 19.8 Å². The average molecular weight is 483 g/mol. The standard InChI is InChI=1S/C19H18F3N3O3.C2H2O4/c20-19(21,22)17-4-2-1-3-15(17)13-23-9-11-24(12-10-23)18(26)14-5-7-16(8-6-14)25(27)28;3-1(4)2(5)6/h1-8H,9-13H2;(H,3,4)(H,5,6). The number of nitro benzene ring substituents is 1. The summed E-state index contributed by atoms with van der Waals surface area (Å²) in [4.78, 5) is 44.4. The van der Waals surface area contributed by atoms with Crippen LogP contribution in [0.1, 0.15) is 21.5 Å². The molecule has 1 aliphatic rings. The number of carboxylic acid groups (broad SMARTS) is 2. The Kier molecular flexibility index (Phi) is 8.67. The maximum absolute atomic E-state index is 13.1. The van der Waals surface area contributed by atoms with Gasteiger partial charge in [0.1, 0.15) is 0 Å². The van der Waals surface area contributed by atoms with Crippen LogP contribution in [0.3, 0.4) is 0 Å². The van der Waals surface area contributed by atoms with Gasteiger partial charge in [0, 0.05) is 50.4 Å². The monoisotopic (exact) mass is 483 g/mol. The number of halogens is 3. The Bertz CT molecular complexity index is 1040. The number of aliphatic carboxylic acids is 2. The van der Waals surface area contributed by atoms with Crippen LogP contribution in [-0.4, -0.2) is 69.0 Å². The Labute approximate surface area is 191 Å². The van der Waals surface area contributed by atoms with E-state index < -0.39 is 28.6 Å². The van der Waals surface area contributed by atoms with E-state index in [1.165, 1.54) is 36.4 Å². The zero-order chi connectivity index (χ0) is 25.5. The molecule has 2 aromatic rings. The number of carboxylic acids is 2. The van der Waals surface area contributed by atoms with Crippen LogP contribution < -0.4 is 0 Å². The van der Waals surface area contributed by atoms with E-state index in [1.54, 1.807) is 11.0 Å². The van der Waals surface area contributed by atoms with Gasteiger partial charge in [-0.3, -0.25) is 19.8 Å². The molecule has 182 valence electrons. The number of benzene rings is 2. The second kappa shape index (κ2) is 11.2. The van der Waals surface area contributed by atoms with Crippen LogP contribution in [0.25, 0.3) is 0 Å². The van der Waals surface area contributed by atoms with Crippen LogP contribution in [0.4, 0.5) is 18.9 Å². The van der Waals surface area contributed by atoms with Gasteiger partial charge in [-0.15, -0.1) is 0 Å². The Morgan fingerprint density at radius 1 is 0.912 bits per heavy atom. The van der Waals surface area contributed by atoms with Gasteiger partial charge in [-0.2, -0.15) is 13.2 Å². The fourth-order valence-corrected chi connectivity index (χ4v) is 3.19. The quantitative estimate of drug-likeness (QED) is 0.384. The normalized spacial score (nSPS) is 14.0. The largest absolute Gasteiger partial charge is 0.473 e. The van der Waals surface area contributed by atoms with E-state index in [-0.39, 0.29) is 23.7 Å². The van der Waals surface area contributed by atoms with Gasteiger partial charge in [0.25, 0.3) is 11.6 Å². The molecule has 0 spiro atoms. The minimum absolute atomic E-state index is 0.0929. The van der Waals surface area contributed by atoms with Crippen LogP contribution >= 0.6 is 0 Å². The average Bonchev–Trinajstić information content (AvgIpc) is 2.79. The highest BCUT2D eigenvalue weighted by Crippen LogP contribution is 2.32. The minimum atomic E-state index is -4.40. The van der Waals surface area contributed by atoms with Crippen molar-refractivity contribution < 1.29 is 42.7 Å². The number of carbonyl (C=O) groups is 3. The van der Waals surface area contributed by atoms with Gasteiger partial charge in [0.2, 0.25) is 0 Å².